The number of nitrogens with one attached hydrogen (secondary N) is 1. The minimum absolute atomic E-state index is 0.00498. The molecule has 8 heteroatoms. The Morgan fingerprint density at radius 2 is 1.92 bits per heavy atom. The standard InChI is InChI=1S/C16H11ClFN3O2S/c17-13-4-2-1-3-12(13)15-20-21-16(23-15)19-14(22)9-24-11-7-5-10(18)6-8-11/h1-8H,9H2,(H,19,21,22). The molecule has 5 nitrogen and oxygen atoms in total. The van der Waals surface area contributed by atoms with Crippen LogP contribution in [-0.2, 0) is 4.79 Å². The molecule has 0 spiro atoms. The lowest BCUT2D eigenvalue weighted by molar-refractivity contribution is -0.113. The quantitative estimate of drug-likeness (QED) is 0.686. The van der Waals surface area contributed by atoms with Crippen molar-refractivity contribution in [2.45, 2.75) is 4.90 Å². The van der Waals surface area contributed by atoms with Gasteiger partial charge in [0.1, 0.15) is 5.82 Å². The van der Waals surface area contributed by atoms with Gasteiger partial charge in [-0.25, -0.2) is 4.39 Å². The highest BCUT2D eigenvalue weighted by Crippen LogP contribution is 2.27. The molecule has 24 heavy (non-hydrogen) atoms. The summed E-state index contributed by atoms with van der Waals surface area (Å²) in [5, 5.41) is 10.6. The Balaban J connectivity index is 1.59. The molecule has 3 aromatic rings. The molecule has 122 valence electrons. The van der Waals surface area contributed by atoms with E-state index in [1.165, 1.54) is 23.9 Å². The van der Waals surface area contributed by atoms with Crippen LogP contribution in [-0.4, -0.2) is 21.9 Å². The van der Waals surface area contributed by atoms with E-state index < -0.39 is 0 Å². The molecule has 0 saturated carbocycles. The molecule has 1 heterocycles. The van der Waals surface area contributed by atoms with Crippen molar-refractivity contribution >= 4 is 35.3 Å². The first-order valence-electron chi connectivity index (χ1n) is 6.88. The third-order valence-corrected chi connectivity index (χ3v) is 4.30. The van der Waals surface area contributed by atoms with Crippen LogP contribution in [0.3, 0.4) is 0 Å². The van der Waals surface area contributed by atoms with E-state index in [-0.39, 0.29) is 29.4 Å². The highest BCUT2D eigenvalue weighted by molar-refractivity contribution is 8.00. The van der Waals surface area contributed by atoms with Crippen molar-refractivity contribution in [3.63, 3.8) is 0 Å². The van der Waals surface area contributed by atoms with Crippen LogP contribution in [0.1, 0.15) is 0 Å². The summed E-state index contributed by atoms with van der Waals surface area (Å²) >= 11 is 7.33. The molecule has 0 saturated heterocycles. The van der Waals surface area contributed by atoms with Gasteiger partial charge in [0.25, 0.3) is 5.89 Å². The number of anilines is 1. The van der Waals surface area contributed by atoms with Gasteiger partial charge in [0.15, 0.2) is 0 Å². The normalized spacial score (nSPS) is 10.6. The zero-order chi connectivity index (χ0) is 16.9. The summed E-state index contributed by atoms with van der Waals surface area (Å²) in [6, 6.07) is 12.9. The number of rotatable bonds is 5. The SMILES string of the molecule is O=C(CSc1ccc(F)cc1)Nc1nnc(-c2ccccc2Cl)o1. The Kier molecular flexibility index (Phi) is 5.12. The fourth-order valence-corrected chi connectivity index (χ4v) is 2.77. The van der Waals surface area contributed by atoms with Crippen molar-refractivity contribution in [2.24, 2.45) is 0 Å². The summed E-state index contributed by atoms with van der Waals surface area (Å²) in [5.74, 6) is -0.266. The number of hydrogen-bond acceptors (Lipinski definition) is 5. The lowest BCUT2D eigenvalue weighted by Gasteiger charge is -2.01. The molecule has 1 amide bonds. The van der Waals surface area contributed by atoms with Gasteiger partial charge in [-0.05, 0) is 36.4 Å². The molecule has 1 aromatic heterocycles. The molecule has 0 atom stereocenters. The largest absolute Gasteiger partial charge is 0.403 e. The maximum Gasteiger partial charge on any atom is 0.322 e. The van der Waals surface area contributed by atoms with Crippen LogP contribution in [0, 0.1) is 5.82 Å². The average molecular weight is 364 g/mol. The average Bonchev–Trinajstić information content (AvgIpc) is 3.03. The first kappa shape index (κ1) is 16.5. The van der Waals surface area contributed by atoms with Gasteiger partial charge in [-0.2, -0.15) is 0 Å². The Labute approximate surface area is 146 Å². The van der Waals surface area contributed by atoms with E-state index in [0.29, 0.717) is 10.6 Å². The van der Waals surface area contributed by atoms with Gasteiger partial charge >= 0.3 is 6.01 Å². The Morgan fingerprint density at radius 1 is 1.17 bits per heavy atom. The van der Waals surface area contributed by atoms with Crippen LogP contribution in [0.25, 0.3) is 11.5 Å². The third-order valence-electron chi connectivity index (χ3n) is 2.96. The van der Waals surface area contributed by atoms with Crippen molar-refractivity contribution in [1.82, 2.24) is 10.2 Å². The van der Waals surface area contributed by atoms with Gasteiger partial charge in [0.05, 0.1) is 16.3 Å². The van der Waals surface area contributed by atoms with Crippen LogP contribution in [0.2, 0.25) is 5.02 Å². The lowest BCUT2D eigenvalue weighted by atomic mass is 10.2. The van der Waals surface area contributed by atoms with E-state index in [0.717, 1.165) is 4.90 Å². The molecule has 0 unspecified atom stereocenters. The highest BCUT2D eigenvalue weighted by atomic mass is 35.5. The van der Waals surface area contributed by atoms with E-state index in [9.17, 15) is 9.18 Å². The van der Waals surface area contributed by atoms with Crippen molar-refractivity contribution in [3.8, 4) is 11.5 Å². The predicted molar refractivity (Wildman–Crippen MR) is 90.5 cm³/mol. The van der Waals surface area contributed by atoms with Crippen molar-refractivity contribution in [1.29, 1.82) is 0 Å². The summed E-state index contributed by atoms with van der Waals surface area (Å²) < 4.78 is 18.2. The number of benzene rings is 2. The molecule has 1 N–H and O–H groups in total. The molecule has 3 rings (SSSR count). The first-order chi connectivity index (χ1) is 11.6. The van der Waals surface area contributed by atoms with Gasteiger partial charge < -0.3 is 4.42 Å². The van der Waals surface area contributed by atoms with Crippen LogP contribution in [0.15, 0.2) is 57.8 Å². The van der Waals surface area contributed by atoms with E-state index in [2.05, 4.69) is 15.5 Å². The Hall–Kier alpha value is -2.38. The van der Waals surface area contributed by atoms with Crippen molar-refractivity contribution in [3.05, 3.63) is 59.4 Å². The molecular formula is C16H11ClFN3O2S. The number of nitrogens with zero attached hydrogens (tertiary/aromatic N) is 2. The molecular weight excluding hydrogens is 353 g/mol. The second kappa shape index (κ2) is 7.46. The zero-order valence-electron chi connectivity index (χ0n) is 12.2. The van der Waals surface area contributed by atoms with Gasteiger partial charge in [0.2, 0.25) is 5.91 Å². The second-order valence-corrected chi connectivity index (χ2v) is 6.14. The maximum absolute atomic E-state index is 12.8. The number of aromatic nitrogens is 2. The number of thioether (sulfide) groups is 1. The summed E-state index contributed by atoms with van der Waals surface area (Å²) in [6.07, 6.45) is 0. The van der Waals surface area contributed by atoms with Gasteiger partial charge in [-0.3, -0.25) is 10.1 Å². The monoisotopic (exact) mass is 363 g/mol. The first-order valence-corrected chi connectivity index (χ1v) is 8.25. The molecule has 0 fully saturated rings. The lowest BCUT2D eigenvalue weighted by Crippen LogP contribution is -2.14. The summed E-state index contributed by atoms with van der Waals surface area (Å²) in [7, 11) is 0. The fraction of sp³-hybridized carbons (Fsp3) is 0.0625. The molecule has 0 aliphatic heterocycles. The van der Waals surface area contributed by atoms with Gasteiger partial charge in [-0.15, -0.1) is 16.9 Å². The number of carbonyl (C=O) groups is 1. The van der Waals surface area contributed by atoms with Crippen LogP contribution < -0.4 is 5.32 Å². The molecule has 2 aromatic carbocycles. The fourth-order valence-electron chi connectivity index (χ4n) is 1.85. The van der Waals surface area contributed by atoms with E-state index in [1.807, 2.05) is 0 Å². The van der Waals surface area contributed by atoms with Crippen LogP contribution in [0.5, 0.6) is 0 Å². The molecule has 0 aliphatic rings. The number of halogens is 2. The maximum atomic E-state index is 12.8. The third kappa shape index (κ3) is 4.12. The van der Waals surface area contributed by atoms with E-state index >= 15 is 0 Å². The topological polar surface area (TPSA) is 68.0 Å². The molecule has 0 radical (unpaired) electrons. The molecule has 0 aliphatic carbocycles. The minimum atomic E-state index is -0.318. The summed E-state index contributed by atoms with van der Waals surface area (Å²) in [5.41, 5.74) is 0.591. The van der Waals surface area contributed by atoms with Crippen molar-refractivity contribution < 1.29 is 13.6 Å². The number of carbonyl (C=O) groups excluding carboxylic acids is 1. The van der Waals surface area contributed by atoms with Gasteiger partial charge in [0, 0.05) is 4.90 Å². The zero-order valence-corrected chi connectivity index (χ0v) is 13.8. The van der Waals surface area contributed by atoms with Crippen molar-refractivity contribution in [2.75, 3.05) is 11.1 Å². The van der Waals surface area contributed by atoms with Gasteiger partial charge in [-0.1, -0.05) is 28.8 Å². The van der Waals surface area contributed by atoms with E-state index in [1.54, 1.807) is 36.4 Å². The highest BCUT2D eigenvalue weighted by Gasteiger charge is 2.13. The molecule has 0 bridgehead atoms. The number of amides is 1. The second-order valence-electron chi connectivity index (χ2n) is 4.68. The predicted octanol–water partition coefficient (Wildman–Crippen LogP) is 4.26. The minimum Gasteiger partial charge on any atom is -0.403 e. The van der Waals surface area contributed by atoms with Crippen LogP contribution >= 0.6 is 23.4 Å². The van der Waals surface area contributed by atoms with E-state index in [4.69, 9.17) is 16.0 Å². The summed E-state index contributed by atoms with van der Waals surface area (Å²) in [6.45, 7) is 0. The summed E-state index contributed by atoms with van der Waals surface area (Å²) in [4.78, 5) is 12.7. The van der Waals surface area contributed by atoms with Crippen LogP contribution in [0.4, 0.5) is 10.4 Å². The smallest absolute Gasteiger partial charge is 0.322 e. The Bertz CT molecular complexity index is 855. The Morgan fingerprint density at radius 3 is 2.67 bits per heavy atom. The number of hydrogen-bond donors (Lipinski definition) is 1.